The van der Waals surface area contributed by atoms with Crippen molar-refractivity contribution in [3.63, 3.8) is 0 Å². The highest BCUT2D eigenvalue weighted by Crippen LogP contribution is 2.50. The minimum absolute atomic E-state index is 0.289. The van der Waals surface area contributed by atoms with Gasteiger partial charge in [0.05, 0.1) is 12.2 Å². The van der Waals surface area contributed by atoms with Crippen molar-refractivity contribution in [1.29, 1.82) is 0 Å². The summed E-state index contributed by atoms with van der Waals surface area (Å²) < 4.78 is 49.7. The summed E-state index contributed by atoms with van der Waals surface area (Å²) in [5.41, 5.74) is 0. The number of halogens is 2. The second-order valence-corrected chi connectivity index (χ2v) is 7.72. The second kappa shape index (κ2) is 6.64. The normalized spacial score (nSPS) is 39.7. The van der Waals surface area contributed by atoms with Gasteiger partial charge in [-0.1, -0.05) is 0 Å². The van der Waals surface area contributed by atoms with Crippen LogP contribution >= 0.6 is 7.60 Å². The van der Waals surface area contributed by atoms with E-state index in [9.17, 15) is 13.3 Å². The molecule has 0 aliphatic heterocycles. The van der Waals surface area contributed by atoms with Gasteiger partial charge in [0.2, 0.25) is 0 Å². The lowest BCUT2D eigenvalue weighted by Crippen LogP contribution is -2.26. The van der Waals surface area contributed by atoms with Gasteiger partial charge in [-0.25, -0.2) is 8.78 Å². The number of rotatable bonds is 4. The quantitative estimate of drug-likeness (QED) is 0.721. The van der Waals surface area contributed by atoms with Gasteiger partial charge in [0.25, 0.3) is 0 Å². The van der Waals surface area contributed by atoms with Gasteiger partial charge in [-0.3, -0.25) is 4.57 Å². The molecule has 0 bridgehead atoms. The SMILES string of the molecule is CP(=O)(OC1CCCC(F)C1)OC1CCCC(F)C1. The van der Waals surface area contributed by atoms with Crippen molar-refractivity contribution in [1.82, 2.24) is 0 Å². The van der Waals surface area contributed by atoms with E-state index in [1.54, 1.807) is 0 Å². The molecule has 0 spiro atoms. The van der Waals surface area contributed by atoms with Crippen LogP contribution in [0.25, 0.3) is 0 Å². The van der Waals surface area contributed by atoms with Crippen LogP contribution in [-0.2, 0) is 13.6 Å². The molecular formula is C13H23F2O3P. The van der Waals surface area contributed by atoms with Crippen LogP contribution < -0.4 is 0 Å². The highest BCUT2D eigenvalue weighted by Gasteiger charge is 2.32. The Morgan fingerprint density at radius 2 is 1.32 bits per heavy atom. The van der Waals surface area contributed by atoms with Crippen LogP contribution in [0, 0.1) is 0 Å². The number of hydrogen-bond donors (Lipinski definition) is 0. The molecule has 2 rings (SSSR count). The van der Waals surface area contributed by atoms with Crippen molar-refractivity contribution in [3.05, 3.63) is 0 Å². The molecule has 0 amide bonds. The lowest BCUT2D eigenvalue weighted by molar-refractivity contribution is 0.0498. The van der Waals surface area contributed by atoms with Crippen LogP contribution in [0.15, 0.2) is 0 Å². The van der Waals surface area contributed by atoms with E-state index < -0.39 is 19.9 Å². The molecule has 19 heavy (non-hydrogen) atoms. The van der Waals surface area contributed by atoms with E-state index >= 15 is 0 Å². The van der Waals surface area contributed by atoms with Gasteiger partial charge in [0.15, 0.2) is 0 Å². The van der Waals surface area contributed by atoms with Gasteiger partial charge in [-0.15, -0.1) is 0 Å². The van der Waals surface area contributed by atoms with Crippen molar-refractivity contribution in [2.24, 2.45) is 0 Å². The standard InChI is InChI=1S/C13H23F2O3P/c1-19(16,17-12-6-2-4-10(14)8-12)18-13-7-3-5-11(15)9-13/h10-13H,2-9H2,1H3. The topological polar surface area (TPSA) is 35.5 Å². The first-order valence-corrected chi connectivity index (χ1v) is 9.16. The predicted molar refractivity (Wildman–Crippen MR) is 70.0 cm³/mol. The summed E-state index contributed by atoms with van der Waals surface area (Å²) in [7, 11) is -3.22. The first-order valence-electron chi connectivity index (χ1n) is 7.17. The minimum atomic E-state index is -3.22. The van der Waals surface area contributed by atoms with Crippen molar-refractivity contribution in [2.75, 3.05) is 6.66 Å². The van der Waals surface area contributed by atoms with E-state index in [1.807, 2.05) is 0 Å². The third-order valence-corrected chi connectivity index (χ3v) is 5.17. The smallest absolute Gasteiger partial charge is 0.305 e. The zero-order valence-corrected chi connectivity index (χ0v) is 12.3. The zero-order chi connectivity index (χ0) is 13.9. The summed E-state index contributed by atoms with van der Waals surface area (Å²) in [6.07, 6.45) is 2.23. The fourth-order valence-electron chi connectivity index (χ4n) is 2.93. The number of hydrogen-bond acceptors (Lipinski definition) is 3. The van der Waals surface area contributed by atoms with E-state index in [1.165, 1.54) is 6.66 Å². The second-order valence-electron chi connectivity index (χ2n) is 5.75. The molecule has 3 nitrogen and oxygen atoms in total. The Kier molecular flexibility index (Phi) is 5.38. The predicted octanol–water partition coefficient (Wildman–Crippen LogP) is 4.40. The summed E-state index contributed by atoms with van der Waals surface area (Å²) in [4.78, 5) is 0. The molecule has 112 valence electrons. The first kappa shape index (κ1) is 15.4. The van der Waals surface area contributed by atoms with Crippen LogP contribution in [0.4, 0.5) is 8.78 Å². The summed E-state index contributed by atoms with van der Waals surface area (Å²) in [5, 5.41) is 0. The molecule has 0 saturated heterocycles. The molecule has 0 heterocycles. The maximum Gasteiger partial charge on any atom is 0.328 e. The zero-order valence-electron chi connectivity index (χ0n) is 11.4. The minimum Gasteiger partial charge on any atom is -0.305 e. The number of alkyl halides is 2. The molecule has 0 aromatic carbocycles. The highest BCUT2D eigenvalue weighted by atomic mass is 31.2. The van der Waals surface area contributed by atoms with Crippen LogP contribution in [0.5, 0.6) is 0 Å². The lowest BCUT2D eigenvalue weighted by atomic mass is 9.96. The fraction of sp³-hybridized carbons (Fsp3) is 1.00. The average molecular weight is 296 g/mol. The lowest BCUT2D eigenvalue weighted by Gasteiger charge is -2.31. The maximum atomic E-state index is 13.3. The van der Waals surface area contributed by atoms with Crippen molar-refractivity contribution in [2.45, 2.75) is 75.9 Å². The first-order chi connectivity index (χ1) is 8.94. The molecule has 0 aromatic rings. The molecule has 0 aromatic heterocycles. The van der Waals surface area contributed by atoms with Crippen LogP contribution in [-0.4, -0.2) is 31.2 Å². The van der Waals surface area contributed by atoms with Crippen LogP contribution in [0.3, 0.4) is 0 Å². The molecule has 4 unspecified atom stereocenters. The van der Waals surface area contributed by atoms with Crippen molar-refractivity contribution in [3.8, 4) is 0 Å². The highest BCUT2D eigenvalue weighted by molar-refractivity contribution is 7.53. The van der Waals surface area contributed by atoms with Crippen LogP contribution in [0.2, 0.25) is 0 Å². The third kappa shape index (κ3) is 5.13. The molecule has 6 heteroatoms. The van der Waals surface area contributed by atoms with Gasteiger partial charge in [0, 0.05) is 19.5 Å². The molecule has 0 N–H and O–H groups in total. The summed E-state index contributed by atoms with van der Waals surface area (Å²) in [5.74, 6) is 0. The molecule has 0 radical (unpaired) electrons. The Morgan fingerprint density at radius 3 is 1.68 bits per heavy atom. The van der Waals surface area contributed by atoms with Gasteiger partial charge >= 0.3 is 7.60 Å². The Bertz CT molecular complexity index is 312. The fourth-order valence-corrected chi connectivity index (χ4v) is 4.45. The van der Waals surface area contributed by atoms with E-state index in [0.29, 0.717) is 12.8 Å². The largest absolute Gasteiger partial charge is 0.328 e. The Labute approximate surface area is 113 Å². The molecule has 2 aliphatic carbocycles. The molecule has 4 atom stereocenters. The third-order valence-electron chi connectivity index (χ3n) is 3.81. The van der Waals surface area contributed by atoms with E-state index in [-0.39, 0.29) is 25.0 Å². The van der Waals surface area contributed by atoms with Gasteiger partial charge < -0.3 is 9.05 Å². The Hall–Kier alpha value is 0.01000. The average Bonchev–Trinajstić information content (AvgIpc) is 2.27. The van der Waals surface area contributed by atoms with Crippen molar-refractivity contribution >= 4 is 7.60 Å². The molecule has 2 aliphatic rings. The molecule has 2 fully saturated rings. The van der Waals surface area contributed by atoms with E-state index in [2.05, 4.69) is 0 Å². The monoisotopic (exact) mass is 296 g/mol. The summed E-state index contributed by atoms with van der Waals surface area (Å²) in [6, 6.07) is 0. The van der Waals surface area contributed by atoms with Gasteiger partial charge in [-0.05, 0) is 38.5 Å². The maximum absolute atomic E-state index is 13.3. The van der Waals surface area contributed by atoms with E-state index in [4.69, 9.17) is 9.05 Å². The van der Waals surface area contributed by atoms with Crippen molar-refractivity contribution < 1.29 is 22.4 Å². The summed E-state index contributed by atoms with van der Waals surface area (Å²) >= 11 is 0. The summed E-state index contributed by atoms with van der Waals surface area (Å²) in [6.45, 7) is 1.41. The molecule has 2 saturated carbocycles. The Balaban J connectivity index is 1.82. The Morgan fingerprint density at radius 1 is 0.895 bits per heavy atom. The van der Waals surface area contributed by atoms with Gasteiger partial charge in [-0.2, -0.15) is 0 Å². The van der Waals surface area contributed by atoms with Gasteiger partial charge in [0.1, 0.15) is 12.3 Å². The van der Waals surface area contributed by atoms with E-state index in [0.717, 1.165) is 25.7 Å². The van der Waals surface area contributed by atoms with Crippen LogP contribution in [0.1, 0.15) is 51.4 Å². The molecular weight excluding hydrogens is 273 g/mol.